The first kappa shape index (κ1) is 10.3. The fraction of sp³-hybridized carbons (Fsp3) is 0.429. The maximum absolute atomic E-state index is 5.69. The SMILES string of the molecule is C#Cc1ccc(C2(CCN)CCC2)cc1. The molecule has 0 radical (unpaired) electrons. The lowest BCUT2D eigenvalue weighted by atomic mass is 9.62. The van der Waals surface area contributed by atoms with Crippen LogP contribution in [0.3, 0.4) is 0 Å². The third kappa shape index (κ3) is 1.78. The average Bonchev–Trinajstić information content (AvgIpc) is 2.24. The number of hydrogen-bond acceptors (Lipinski definition) is 1. The second kappa shape index (κ2) is 4.08. The van der Waals surface area contributed by atoms with Gasteiger partial charge in [-0.15, -0.1) is 6.42 Å². The molecule has 1 heteroatoms. The van der Waals surface area contributed by atoms with Crippen molar-refractivity contribution in [2.45, 2.75) is 31.1 Å². The lowest BCUT2D eigenvalue weighted by molar-refractivity contribution is 0.229. The van der Waals surface area contributed by atoms with E-state index in [9.17, 15) is 0 Å². The summed E-state index contributed by atoms with van der Waals surface area (Å²) in [4.78, 5) is 0. The molecule has 0 spiro atoms. The highest BCUT2D eigenvalue weighted by atomic mass is 14.6. The van der Waals surface area contributed by atoms with Gasteiger partial charge in [-0.05, 0) is 48.9 Å². The Bertz CT molecular complexity index is 365. The molecule has 2 N–H and O–H groups in total. The van der Waals surface area contributed by atoms with Crippen LogP contribution in [0.1, 0.15) is 36.8 Å². The molecule has 0 saturated heterocycles. The fourth-order valence-electron chi connectivity index (χ4n) is 2.48. The zero-order valence-corrected chi connectivity index (χ0v) is 9.00. The third-order valence-corrected chi connectivity index (χ3v) is 3.60. The van der Waals surface area contributed by atoms with E-state index >= 15 is 0 Å². The van der Waals surface area contributed by atoms with E-state index in [-0.39, 0.29) is 0 Å². The number of rotatable bonds is 3. The smallest absolute Gasteiger partial charge is 0.0242 e. The zero-order valence-electron chi connectivity index (χ0n) is 9.00. The van der Waals surface area contributed by atoms with Gasteiger partial charge in [0.05, 0.1) is 0 Å². The summed E-state index contributed by atoms with van der Waals surface area (Å²) in [5.74, 6) is 2.65. The van der Waals surface area contributed by atoms with Crippen LogP contribution in [0.2, 0.25) is 0 Å². The molecule has 0 heterocycles. The van der Waals surface area contributed by atoms with Crippen molar-refractivity contribution in [3.63, 3.8) is 0 Å². The van der Waals surface area contributed by atoms with Crippen LogP contribution in [-0.4, -0.2) is 6.54 Å². The van der Waals surface area contributed by atoms with E-state index in [1.807, 2.05) is 12.1 Å². The summed E-state index contributed by atoms with van der Waals surface area (Å²) in [7, 11) is 0. The predicted octanol–water partition coefficient (Wildman–Crippen LogP) is 2.44. The molecule has 1 aromatic rings. The summed E-state index contributed by atoms with van der Waals surface area (Å²) in [6.45, 7) is 0.775. The van der Waals surface area contributed by atoms with Gasteiger partial charge in [-0.2, -0.15) is 0 Å². The second-order valence-electron chi connectivity index (χ2n) is 4.39. The van der Waals surface area contributed by atoms with Gasteiger partial charge in [0.15, 0.2) is 0 Å². The van der Waals surface area contributed by atoms with E-state index in [1.165, 1.54) is 24.8 Å². The van der Waals surface area contributed by atoms with Crippen LogP contribution in [0.4, 0.5) is 0 Å². The molecular weight excluding hydrogens is 182 g/mol. The summed E-state index contributed by atoms with van der Waals surface area (Å²) in [5, 5.41) is 0. The van der Waals surface area contributed by atoms with Crippen LogP contribution in [0.5, 0.6) is 0 Å². The van der Waals surface area contributed by atoms with E-state index in [0.29, 0.717) is 5.41 Å². The first-order valence-electron chi connectivity index (χ1n) is 5.58. The van der Waals surface area contributed by atoms with Crippen molar-refractivity contribution in [2.24, 2.45) is 5.73 Å². The molecule has 78 valence electrons. The summed E-state index contributed by atoms with van der Waals surface area (Å²) >= 11 is 0. The molecule has 1 aromatic carbocycles. The van der Waals surface area contributed by atoms with Crippen molar-refractivity contribution in [1.29, 1.82) is 0 Å². The minimum Gasteiger partial charge on any atom is -0.330 e. The normalized spacial score (nSPS) is 17.9. The van der Waals surface area contributed by atoms with Crippen molar-refractivity contribution in [1.82, 2.24) is 0 Å². The number of nitrogens with two attached hydrogens (primary N) is 1. The van der Waals surface area contributed by atoms with Gasteiger partial charge in [0.1, 0.15) is 0 Å². The molecule has 0 atom stereocenters. The Kier molecular flexibility index (Phi) is 2.79. The average molecular weight is 199 g/mol. The minimum atomic E-state index is 0.363. The predicted molar refractivity (Wildman–Crippen MR) is 63.6 cm³/mol. The summed E-state index contributed by atoms with van der Waals surface area (Å²) in [6.07, 6.45) is 10.3. The maximum Gasteiger partial charge on any atom is 0.0242 e. The molecular formula is C14H17N. The quantitative estimate of drug-likeness (QED) is 0.743. The molecule has 0 bridgehead atoms. The van der Waals surface area contributed by atoms with Crippen LogP contribution < -0.4 is 5.73 Å². The van der Waals surface area contributed by atoms with E-state index < -0.39 is 0 Å². The summed E-state index contributed by atoms with van der Waals surface area (Å²) < 4.78 is 0. The van der Waals surface area contributed by atoms with Crippen LogP contribution in [0.15, 0.2) is 24.3 Å². The molecule has 1 saturated carbocycles. The monoisotopic (exact) mass is 199 g/mol. The van der Waals surface area contributed by atoms with Gasteiger partial charge < -0.3 is 5.73 Å². The highest BCUT2D eigenvalue weighted by Gasteiger charge is 2.37. The van der Waals surface area contributed by atoms with Crippen LogP contribution in [0.25, 0.3) is 0 Å². The van der Waals surface area contributed by atoms with Crippen molar-refractivity contribution in [3.05, 3.63) is 35.4 Å². The largest absolute Gasteiger partial charge is 0.330 e. The zero-order chi connectivity index (χ0) is 10.7. The van der Waals surface area contributed by atoms with E-state index in [2.05, 4.69) is 18.1 Å². The van der Waals surface area contributed by atoms with Gasteiger partial charge in [0, 0.05) is 5.56 Å². The summed E-state index contributed by atoms with van der Waals surface area (Å²) in [6, 6.07) is 8.41. The van der Waals surface area contributed by atoms with Gasteiger partial charge >= 0.3 is 0 Å². The van der Waals surface area contributed by atoms with Crippen molar-refractivity contribution in [3.8, 4) is 12.3 Å². The van der Waals surface area contributed by atoms with Crippen molar-refractivity contribution >= 4 is 0 Å². The molecule has 0 aliphatic heterocycles. The van der Waals surface area contributed by atoms with E-state index in [0.717, 1.165) is 18.5 Å². The van der Waals surface area contributed by atoms with Crippen LogP contribution in [-0.2, 0) is 5.41 Å². The van der Waals surface area contributed by atoms with Crippen LogP contribution in [0, 0.1) is 12.3 Å². The standard InChI is InChI=1S/C14H17N/c1-2-12-4-6-13(7-5-12)14(10-11-15)8-3-9-14/h1,4-7H,3,8-11,15H2. The Labute approximate surface area is 91.7 Å². The molecule has 1 aliphatic carbocycles. The Morgan fingerprint density at radius 3 is 2.33 bits per heavy atom. The molecule has 1 nitrogen and oxygen atoms in total. The van der Waals surface area contributed by atoms with Gasteiger partial charge in [0.2, 0.25) is 0 Å². The Balaban J connectivity index is 2.24. The molecule has 0 unspecified atom stereocenters. The van der Waals surface area contributed by atoms with Gasteiger partial charge in [-0.25, -0.2) is 0 Å². The Morgan fingerprint density at radius 2 is 1.93 bits per heavy atom. The van der Waals surface area contributed by atoms with Crippen LogP contribution >= 0.6 is 0 Å². The fourth-order valence-corrected chi connectivity index (χ4v) is 2.48. The number of hydrogen-bond donors (Lipinski definition) is 1. The Morgan fingerprint density at radius 1 is 1.27 bits per heavy atom. The molecule has 15 heavy (non-hydrogen) atoms. The first-order chi connectivity index (χ1) is 7.30. The van der Waals surface area contributed by atoms with Gasteiger partial charge in [-0.1, -0.05) is 24.5 Å². The number of terminal acetylenes is 1. The van der Waals surface area contributed by atoms with E-state index in [1.54, 1.807) is 0 Å². The minimum absolute atomic E-state index is 0.363. The maximum atomic E-state index is 5.69. The van der Waals surface area contributed by atoms with E-state index in [4.69, 9.17) is 12.2 Å². The lowest BCUT2D eigenvalue weighted by Crippen LogP contribution is -2.36. The lowest BCUT2D eigenvalue weighted by Gasteiger charge is -2.42. The highest BCUT2D eigenvalue weighted by Crippen LogP contribution is 2.46. The second-order valence-corrected chi connectivity index (χ2v) is 4.39. The van der Waals surface area contributed by atoms with Gasteiger partial charge in [-0.3, -0.25) is 0 Å². The molecule has 1 aliphatic rings. The number of benzene rings is 1. The molecule has 0 aromatic heterocycles. The van der Waals surface area contributed by atoms with Gasteiger partial charge in [0.25, 0.3) is 0 Å². The molecule has 1 fully saturated rings. The highest BCUT2D eigenvalue weighted by molar-refractivity contribution is 5.37. The molecule has 2 rings (SSSR count). The summed E-state index contributed by atoms with van der Waals surface area (Å²) in [5.41, 5.74) is 8.42. The third-order valence-electron chi connectivity index (χ3n) is 3.60. The molecule has 0 amide bonds. The Hall–Kier alpha value is -1.26. The topological polar surface area (TPSA) is 26.0 Å². The van der Waals surface area contributed by atoms with Crippen molar-refractivity contribution < 1.29 is 0 Å². The van der Waals surface area contributed by atoms with Crippen molar-refractivity contribution in [2.75, 3.05) is 6.54 Å². The first-order valence-corrected chi connectivity index (χ1v) is 5.58.